The Morgan fingerprint density at radius 2 is 2.04 bits per heavy atom. The van der Waals surface area contributed by atoms with Gasteiger partial charge in [-0.05, 0) is 31.9 Å². The van der Waals surface area contributed by atoms with Gasteiger partial charge in [0.15, 0.2) is 0 Å². The second-order valence-electron chi connectivity index (χ2n) is 5.91. The predicted molar refractivity (Wildman–Crippen MR) is 98.0 cm³/mol. The first-order valence-corrected chi connectivity index (χ1v) is 9.34. The quantitative estimate of drug-likeness (QED) is 0.827. The lowest BCUT2D eigenvalue weighted by molar-refractivity contribution is 0.189. The Bertz CT molecular complexity index is 671. The number of carbonyl (C=O) groups excluding carboxylic acids is 1. The van der Waals surface area contributed by atoms with E-state index in [4.69, 9.17) is 4.74 Å². The van der Waals surface area contributed by atoms with Gasteiger partial charge in [-0.2, -0.15) is 0 Å². The van der Waals surface area contributed by atoms with Crippen LogP contribution in [-0.4, -0.2) is 46.9 Å². The Kier molecular flexibility index (Phi) is 6.19. The normalized spacial score (nSPS) is 15.7. The minimum absolute atomic E-state index is 0.143. The van der Waals surface area contributed by atoms with Gasteiger partial charge in [0.05, 0.1) is 13.2 Å². The van der Waals surface area contributed by atoms with Crippen molar-refractivity contribution >= 4 is 23.1 Å². The maximum atomic E-state index is 12.1. The number of para-hydroxylation sites is 1. The Hall–Kier alpha value is -2.19. The molecule has 0 bridgehead atoms. The molecular weight excluding hydrogens is 338 g/mol. The molecule has 0 spiro atoms. The fourth-order valence-electron chi connectivity index (χ4n) is 2.78. The first-order chi connectivity index (χ1) is 12.2. The molecule has 134 valence electrons. The lowest BCUT2D eigenvalue weighted by atomic mass is 10.1. The van der Waals surface area contributed by atoms with Crippen molar-refractivity contribution in [1.82, 2.24) is 20.4 Å². The highest BCUT2D eigenvalue weighted by Gasteiger charge is 2.21. The van der Waals surface area contributed by atoms with E-state index >= 15 is 0 Å². The Morgan fingerprint density at radius 3 is 2.76 bits per heavy atom. The standard InChI is InChI=1S/C17H23N5O2S/c1-2-24-17-21-20-15(25-17)12-22-10-8-14(9-11-22)19-16(23)18-13-6-4-3-5-7-13/h3-7,14H,2,8-12H2,1H3,(H2,18,19,23). The SMILES string of the molecule is CCOc1nnc(CN2CCC(NC(=O)Nc3ccccc3)CC2)s1. The average Bonchev–Trinajstić information content (AvgIpc) is 3.05. The number of hydrogen-bond acceptors (Lipinski definition) is 6. The maximum Gasteiger partial charge on any atom is 0.319 e. The molecule has 8 heteroatoms. The van der Waals surface area contributed by atoms with E-state index < -0.39 is 0 Å². The minimum Gasteiger partial charge on any atom is -0.469 e. The summed E-state index contributed by atoms with van der Waals surface area (Å²) in [5.74, 6) is 0. The summed E-state index contributed by atoms with van der Waals surface area (Å²) in [5, 5.41) is 15.7. The van der Waals surface area contributed by atoms with E-state index in [1.54, 1.807) is 0 Å². The molecule has 3 rings (SSSR count). The van der Waals surface area contributed by atoms with Crippen LogP contribution in [0.15, 0.2) is 30.3 Å². The summed E-state index contributed by atoms with van der Waals surface area (Å²) < 4.78 is 5.36. The number of hydrogen-bond donors (Lipinski definition) is 2. The van der Waals surface area contributed by atoms with Crippen molar-refractivity contribution in [1.29, 1.82) is 0 Å². The molecular formula is C17H23N5O2S. The second kappa shape index (κ2) is 8.77. The highest BCUT2D eigenvalue weighted by atomic mass is 32.1. The fourth-order valence-corrected chi connectivity index (χ4v) is 3.57. The van der Waals surface area contributed by atoms with Crippen molar-refractivity contribution in [2.24, 2.45) is 0 Å². The molecule has 0 aliphatic carbocycles. The van der Waals surface area contributed by atoms with Gasteiger partial charge in [0.2, 0.25) is 0 Å². The number of rotatable bonds is 6. The van der Waals surface area contributed by atoms with Crippen LogP contribution in [0.1, 0.15) is 24.8 Å². The number of carbonyl (C=O) groups is 1. The van der Waals surface area contributed by atoms with E-state index in [9.17, 15) is 4.79 Å². The van der Waals surface area contributed by atoms with Crippen LogP contribution >= 0.6 is 11.3 Å². The fraction of sp³-hybridized carbons (Fsp3) is 0.471. The van der Waals surface area contributed by atoms with Crippen LogP contribution in [0.2, 0.25) is 0 Å². The van der Waals surface area contributed by atoms with Gasteiger partial charge in [0.1, 0.15) is 5.01 Å². The van der Waals surface area contributed by atoms with E-state index in [0.717, 1.165) is 43.2 Å². The highest BCUT2D eigenvalue weighted by molar-refractivity contribution is 7.13. The number of amides is 2. The molecule has 2 aromatic rings. The number of piperidine rings is 1. The number of benzene rings is 1. The zero-order valence-corrected chi connectivity index (χ0v) is 15.1. The van der Waals surface area contributed by atoms with Crippen LogP contribution < -0.4 is 15.4 Å². The molecule has 0 radical (unpaired) electrons. The summed E-state index contributed by atoms with van der Waals surface area (Å²) in [6.45, 7) is 5.19. The summed E-state index contributed by atoms with van der Waals surface area (Å²) >= 11 is 1.50. The Labute approximate surface area is 151 Å². The molecule has 1 aromatic heterocycles. The van der Waals surface area contributed by atoms with Crippen molar-refractivity contribution in [3.8, 4) is 5.19 Å². The number of nitrogens with one attached hydrogen (secondary N) is 2. The van der Waals surface area contributed by atoms with Gasteiger partial charge in [-0.15, -0.1) is 10.2 Å². The predicted octanol–water partition coefficient (Wildman–Crippen LogP) is 2.72. The molecule has 1 fully saturated rings. The van der Waals surface area contributed by atoms with E-state index in [-0.39, 0.29) is 12.1 Å². The number of likely N-dealkylation sites (tertiary alicyclic amines) is 1. The summed E-state index contributed by atoms with van der Waals surface area (Å²) in [6, 6.07) is 9.54. The average molecular weight is 361 g/mol. The number of ether oxygens (including phenoxy) is 1. The van der Waals surface area contributed by atoms with Crippen molar-refractivity contribution in [2.75, 3.05) is 25.0 Å². The summed E-state index contributed by atoms with van der Waals surface area (Å²) in [7, 11) is 0. The summed E-state index contributed by atoms with van der Waals surface area (Å²) in [4.78, 5) is 14.4. The van der Waals surface area contributed by atoms with Gasteiger partial charge < -0.3 is 15.4 Å². The molecule has 2 N–H and O–H groups in total. The van der Waals surface area contributed by atoms with Crippen LogP contribution in [0.3, 0.4) is 0 Å². The van der Waals surface area contributed by atoms with Crippen LogP contribution in [0.25, 0.3) is 0 Å². The molecule has 7 nitrogen and oxygen atoms in total. The third-order valence-electron chi connectivity index (χ3n) is 4.03. The molecule has 0 unspecified atom stereocenters. The molecule has 1 aliphatic rings. The van der Waals surface area contributed by atoms with Gasteiger partial charge in [-0.3, -0.25) is 4.90 Å². The van der Waals surface area contributed by atoms with Gasteiger partial charge in [-0.1, -0.05) is 29.5 Å². The molecule has 0 atom stereocenters. The van der Waals surface area contributed by atoms with Crippen LogP contribution in [0, 0.1) is 0 Å². The third kappa shape index (κ3) is 5.40. The van der Waals surface area contributed by atoms with Gasteiger partial charge >= 0.3 is 6.03 Å². The van der Waals surface area contributed by atoms with E-state index in [2.05, 4.69) is 25.7 Å². The minimum atomic E-state index is -0.143. The van der Waals surface area contributed by atoms with Crippen LogP contribution in [0.5, 0.6) is 5.19 Å². The maximum absolute atomic E-state index is 12.1. The Balaban J connectivity index is 1.40. The van der Waals surface area contributed by atoms with Gasteiger partial charge in [0, 0.05) is 24.8 Å². The molecule has 0 saturated carbocycles. The highest BCUT2D eigenvalue weighted by Crippen LogP contribution is 2.21. The monoisotopic (exact) mass is 361 g/mol. The molecule has 1 saturated heterocycles. The number of urea groups is 1. The van der Waals surface area contributed by atoms with E-state index in [1.165, 1.54) is 11.3 Å². The van der Waals surface area contributed by atoms with Crippen LogP contribution in [-0.2, 0) is 6.54 Å². The molecule has 1 aromatic carbocycles. The summed E-state index contributed by atoms with van der Waals surface area (Å²) in [5.41, 5.74) is 0.804. The van der Waals surface area contributed by atoms with Gasteiger partial charge in [-0.25, -0.2) is 4.79 Å². The first-order valence-electron chi connectivity index (χ1n) is 8.53. The molecule has 2 heterocycles. The topological polar surface area (TPSA) is 79.4 Å². The molecule has 1 aliphatic heterocycles. The Morgan fingerprint density at radius 1 is 1.28 bits per heavy atom. The lowest BCUT2D eigenvalue weighted by Gasteiger charge is -2.31. The van der Waals surface area contributed by atoms with Crippen LogP contribution in [0.4, 0.5) is 10.5 Å². The zero-order chi connectivity index (χ0) is 17.5. The third-order valence-corrected chi connectivity index (χ3v) is 4.85. The van der Waals surface area contributed by atoms with E-state index in [0.29, 0.717) is 11.8 Å². The molecule has 2 amide bonds. The van der Waals surface area contributed by atoms with E-state index in [1.807, 2.05) is 37.3 Å². The lowest BCUT2D eigenvalue weighted by Crippen LogP contribution is -2.45. The van der Waals surface area contributed by atoms with Crippen molar-refractivity contribution < 1.29 is 9.53 Å². The van der Waals surface area contributed by atoms with Crippen molar-refractivity contribution in [2.45, 2.75) is 32.4 Å². The first kappa shape index (κ1) is 17.6. The molecule has 25 heavy (non-hydrogen) atoms. The van der Waals surface area contributed by atoms with Gasteiger partial charge in [0.25, 0.3) is 5.19 Å². The van der Waals surface area contributed by atoms with Crippen molar-refractivity contribution in [3.05, 3.63) is 35.3 Å². The zero-order valence-electron chi connectivity index (χ0n) is 14.3. The second-order valence-corrected chi connectivity index (χ2v) is 6.93. The number of aromatic nitrogens is 2. The smallest absolute Gasteiger partial charge is 0.319 e. The summed E-state index contributed by atoms with van der Waals surface area (Å²) in [6.07, 6.45) is 1.86. The number of nitrogens with zero attached hydrogens (tertiary/aromatic N) is 3. The van der Waals surface area contributed by atoms with Crippen molar-refractivity contribution in [3.63, 3.8) is 0 Å². The number of anilines is 1. The largest absolute Gasteiger partial charge is 0.469 e.